The number of aromatic amines is 1. The molecule has 0 bridgehead atoms. The molecule has 1 atom stereocenters. The summed E-state index contributed by atoms with van der Waals surface area (Å²) in [4.78, 5) is 9.74. The van der Waals surface area contributed by atoms with Crippen molar-refractivity contribution >= 4 is 10.9 Å². The van der Waals surface area contributed by atoms with Crippen molar-refractivity contribution in [2.75, 3.05) is 13.1 Å². The van der Waals surface area contributed by atoms with Crippen LogP contribution < -0.4 is 4.74 Å². The summed E-state index contributed by atoms with van der Waals surface area (Å²) in [6.07, 6.45) is 5.66. The summed E-state index contributed by atoms with van der Waals surface area (Å²) in [5, 5.41) is 4.84. The molecule has 0 spiro atoms. The lowest BCUT2D eigenvalue weighted by atomic mass is 10.1. The molecule has 3 aromatic rings. The summed E-state index contributed by atoms with van der Waals surface area (Å²) in [6.45, 7) is 4.05. The van der Waals surface area contributed by atoms with Gasteiger partial charge in [-0.05, 0) is 38.0 Å². The standard InChI is InChI=1S/C17H20N4O2/c1-12(17-19-11-20-23-17)21-9-6-13(7-10-21)22-16-4-2-3-15-14(16)5-8-18-15/h2-5,8,11-13,18H,6-7,9-10H2,1H3. The molecule has 1 aliphatic rings. The number of fused-ring (bicyclic) bond motifs is 1. The smallest absolute Gasteiger partial charge is 0.243 e. The lowest BCUT2D eigenvalue weighted by Gasteiger charge is -2.34. The molecule has 3 heterocycles. The van der Waals surface area contributed by atoms with E-state index in [1.807, 2.05) is 18.3 Å². The summed E-state index contributed by atoms with van der Waals surface area (Å²) in [5.41, 5.74) is 1.12. The van der Waals surface area contributed by atoms with Gasteiger partial charge in [0, 0.05) is 30.2 Å². The van der Waals surface area contributed by atoms with Crippen molar-refractivity contribution in [2.24, 2.45) is 0 Å². The average Bonchev–Trinajstić information content (AvgIpc) is 3.27. The second kappa shape index (κ2) is 6.04. The van der Waals surface area contributed by atoms with Crippen LogP contribution in [0.25, 0.3) is 10.9 Å². The van der Waals surface area contributed by atoms with Crippen molar-refractivity contribution in [3.8, 4) is 5.75 Å². The van der Waals surface area contributed by atoms with Gasteiger partial charge in [0.05, 0.1) is 6.04 Å². The maximum Gasteiger partial charge on any atom is 0.243 e. The topological polar surface area (TPSA) is 67.2 Å². The number of likely N-dealkylation sites (tertiary alicyclic amines) is 1. The summed E-state index contributed by atoms with van der Waals surface area (Å²) in [7, 11) is 0. The Balaban J connectivity index is 1.39. The number of ether oxygens (including phenoxy) is 1. The minimum atomic E-state index is 0.159. The van der Waals surface area contributed by atoms with Crippen LogP contribution in [0, 0.1) is 0 Å². The highest BCUT2D eigenvalue weighted by atomic mass is 16.5. The average molecular weight is 312 g/mol. The van der Waals surface area contributed by atoms with E-state index in [0.29, 0.717) is 5.89 Å². The van der Waals surface area contributed by atoms with Gasteiger partial charge in [0.1, 0.15) is 11.9 Å². The molecule has 0 aliphatic carbocycles. The summed E-state index contributed by atoms with van der Waals surface area (Å²) in [6, 6.07) is 8.37. The summed E-state index contributed by atoms with van der Waals surface area (Å²) in [5.74, 6) is 1.65. The first-order chi connectivity index (χ1) is 11.3. The predicted molar refractivity (Wildman–Crippen MR) is 86.2 cm³/mol. The Morgan fingerprint density at radius 2 is 2.17 bits per heavy atom. The van der Waals surface area contributed by atoms with Crippen molar-refractivity contribution in [3.63, 3.8) is 0 Å². The lowest BCUT2D eigenvalue weighted by molar-refractivity contribution is 0.0708. The molecule has 1 aliphatic heterocycles. The third-order valence-electron chi connectivity index (χ3n) is 4.61. The Morgan fingerprint density at radius 3 is 2.96 bits per heavy atom. The third-order valence-corrected chi connectivity index (χ3v) is 4.61. The largest absolute Gasteiger partial charge is 0.490 e. The van der Waals surface area contributed by atoms with Crippen LogP contribution in [0.2, 0.25) is 0 Å². The molecule has 23 heavy (non-hydrogen) atoms. The Labute approximate surface area is 134 Å². The maximum absolute atomic E-state index is 6.25. The highest BCUT2D eigenvalue weighted by molar-refractivity contribution is 5.85. The number of hydrogen-bond donors (Lipinski definition) is 1. The highest BCUT2D eigenvalue weighted by Crippen LogP contribution is 2.29. The van der Waals surface area contributed by atoms with Crippen LogP contribution in [-0.4, -0.2) is 39.2 Å². The molecule has 1 saturated heterocycles. The quantitative estimate of drug-likeness (QED) is 0.801. The summed E-state index contributed by atoms with van der Waals surface area (Å²) < 4.78 is 11.4. The molecule has 6 heteroatoms. The van der Waals surface area contributed by atoms with Gasteiger partial charge in [0.15, 0.2) is 6.33 Å². The molecule has 2 aromatic heterocycles. The molecule has 0 saturated carbocycles. The first-order valence-corrected chi connectivity index (χ1v) is 8.04. The van der Waals surface area contributed by atoms with E-state index < -0.39 is 0 Å². The van der Waals surface area contributed by atoms with Gasteiger partial charge in [-0.15, -0.1) is 0 Å². The molecule has 1 fully saturated rings. The fourth-order valence-electron chi connectivity index (χ4n) is 3.24. The molecular weight excluding hydrogens is 292 g/mol. The van der Waals surface area contributed by atoms with Gasteiger partial charge < -0.3 is 14.2 Å². The first kappa shape index (κ1) is 14.3. The predicted octanol–water partition coefficient (Wildman–Crippen LogP) is 3.16. The molecule has 0 amide bonds. The number of benzene rings is 1. The van der Waals surface area contributed by atoms with Crippen molar-refractivity contribution in [1.29, 1.82) is 0 Å². The molecule has 1 unspecified atom stereocenters. The van der Waals surface area contributed by atoms with Crippen molar-refractivity contribution in [3.05, 3.63) is 42.7 Å². The van der Waals surface area contributed by atoms with Crippen LogP contribution in [0.3, 0.4) is 0 Å². The second-order valence-corrected chi connectivity index (χ2v) is 6.00. The normalized spacial score (nSPS) is 18.3. The zero-order valence-corrected chi connectivity index (χ0v) is 13.1. The van der Waals surface area contributed by atoms with Crippen LogP contribution in [0.1, 0.15) is 31.7 Å². The third kappa shape index (κ3) is 2.82. The molecule has 6 nitrogen and oxygen atoms in total. The zero-order chi connectivity index (χ0) is 15.6. The number of rotatable bonds is 4. The van der Waals surface area contributed by atoms with Crippen molar-refractivity contribution in [2.45, 2.75) is 31.9 Å². The molecule has 4 rings (SSSR count). The minimum absolute atomic E-state index is 0.159. The van der Waals surface area contributed by atoms with Gasteiger partial charge in [0.25, 0.3) is 0 Å². The molecule has 1 N–H and O–H groups in total. The van der Waals surface area contributed by atoms with Crippen LogP contribution in [0.15, 0.2) is 41.3 Å². The number of nitrogens with one attached hydrogen (secondary N) is 1. The van der Waals surface area contributed by atoms with Crippen LogP contribution in [0.5, 0.6) is 5.75 Å². The Hall–Kier alpha value is -2.34. The number of hydrogen-bond acceptors (Lipinski definition) is 5. The van der Waals surface area contributed by atoms with E-state index in [-0.39, 0.29) is 12.1 Å². The van der Waals surface area contributed by atoms with Gasteiger partial charge in [-0.25, -0.2) is 0 Å². The van der Waals surface area contributed by atoms with Gasteiger partial charge in [0.2, 0.25) is 5.89 Å². The molecule has 120 valence electrons. The van der Waals surface area contributed by atoms with Crippen LogP contribution in [0.4, 0.5) is 0 Å². The molecular formula is C17H20N4O2. The van der Waals surface area contributed by atoms with E-state index in [9.17, 15) is 0 Å². The van der Waals surface area contributed by atoms with Crippen molar-refractivity contribution in [1.82, 2.24) is 20.0 Å². The Morgan fingerprint density at radius 1 is 1.30 bits per heavy atom. The Kier molecular flexibility index (Phi) is 3.75. The SMILES string of the molecule is CC(c1ncno1)N1CCC(Oc2cccc3[nH]ccc23)CC1. The number of nitrogens with zero attached hydrogens (tertiary/aromatic N) is 3. The first-order valence-electron chi connectivity index (χ1n) is 8.04. The van der Waals surface area contributed by atoms with Gasteiger partial charge >= 0.3 is 0 Å². The van der Waals surface area contributed by atoms with Crippen LogP contribution in [-0.2, 0) is 0 Å². The monoisotopic (exact) mass is 312 g/mol. The lowest BCUT2D eigenvalue weighted by Crippen LogP contribution is -2.39. The van der Waals surface area contributed by atoms with Crippen LogP contribution >= 0.6 is 0 Å². The number of piperidine rings is 1. The van der Waals surface area contributed by atoms with E-state index in [1.165, 1.54) is 6.33 Å². The maximum atomic E-state index is 6.25. The van der Waals surface area contributed by atoms with Gasteiger partial charge in [-0.1, -0.05) is 11.2 Å². The van der Waals surface area contributed by atoms with E-state index in [4.69, 9.17) is 9.26 Å². The minimum Gasteiger partial charge on any atom is -0.490 e. The summed E-state index contributed by atoms with van der Waals surface area (Å²) >= 11 is 0. The van der Waals surface area contributed by atoms with E-state index in [1.54, 1.807) is 0 Å². The second-order valence-electron chi connectivity index (χ2n) is 6.00. The Bertz CT molecular complexity index is 760. The van der Waals surface area contributed by atoms with E-state index in [0.717, 1.165) is 42.6 Å². The fraction of sp³-hybridized carbons (Fsp3) is 0.412. The van der Waals surface area contributed by atoms with E-state index >= 15 is 0 Å². The zero-order valence-electron chi connectivity index (χ0n) is 13.1. The van der Waals surface area contributed by atoms with Gasteiger partial charge in [-0.3, -0.25) is 4.90 Å². The van der Waals surface area contributed by atoms with Crippen molar-refractivity contribution < 1.29 is 9.26 Å². The highest BCUT2D eigenvalue weighted by Gasteiger charge is 2.27. The van der Waals surface area contributed by atoms with E-state index in [2.05, 4.69) is 39.1 Å². The molecule has 1 aromatic carbocycles. The number of H-pyrrole nitrogens is 1. The number of aromatic nitrogens is 3. The molecule has 0 radical (unpaired) electrons. The van der Waals surface area contributed by atoms with Gasteiger partial charge in [-0.2, -0.15) is 4.98 Å². The fourth-order valence-corrected chi connectivity index (χ4v) is 3.24.